The van der Waals surface area contributed by atoms with Crippen LogP contribution in [0.1, 0.15) is 25.0 Å². The molecular formula is C23H30N2O. The molecule has 0 aliphatic heterocycles. The smallest absolute Gasteiger partial charge is 0.124 e. The Morgan fingerprint density at radius 1 is 1.23 bits per heavy atom. The minimum atomic E-state index is 0.861. The van der Waals surface area contributed by atoms with E-state index in [0.29, 0.717) is 0 Å². The van der Waals surface area contributed by atoms with Crippen LogP contribution >= 0.6 is 0 Å². The molecule has 0 amide bonds. The van der Waals surface area contributed by atoms with Crippen LogP contribution in [0.15, 0.2) is 37.6 Å². The molecule has 1 aromatic carbocycles. The summed E-state index contributed by atoms with van der Waals surface area (Å²) in [5.41, 5.74) is 4.87. The largest absolute Gasteiger partial charge is 0.496 e. The normalized spacial score (nSPS) is 12.7. The standard InChI is InChI=1S/C23H30N2O/c1-8-12-19-20(16-25(11-4)22(19)10-3)18-13-17(9-2)21(15-24(5)6)23(14-18)26-7/h8,10-14,16H,1,4,9,15H2,2-3,5-7H3/b19-12-,22-10+. The molecule has 1 aromatic heterocycles. The first-order valence-corrected chi connectivity index (χ1v) is 8.98. The summed E-state index contributed by atoms with van der Waals surface area (Å²) in [4.78, 5) is 2.17. The van der Waals surface area contributed by atoms with Crippen LogP contribution in [0.4, 0.5) is 0 Å². The van der Waals surface area contributed by atoms with E-state index in [-0.39, 0.29) is 0 Å². The highest BCUT2D eigenvalue weighted by Crippen LogP contribution is 2.30. The Kier molecular flexibility index (Phi) is 6.64. The van der Waals surface area contributed by atoms with E-state index in [2.05, 4.69) is 74.1 Å². The van der Waals surface area contributed by atoms with E-state index < -0.39 is 0 Å². The zero-order valence-corrected chi connectivity index (χ0v) is 16.7. The first-order valence-electron chi connectivity index (χ1n) is 8.98. The van der Waals surface area contributed by atoms with Crippen molar-refractivity contribution in [3.63, 3.8) is 0 Å². The van der Waals surface area contributed by atoms with Gasteiger partial charge in [0.05, 0.1) is 7.11 Å². The number of benzene rings is 1. The summed E-state index contributed by atoms with van der Waals surface area (Å²) in [5.74, 6) is 0.936. The SMILES string of the molecule is C=C/C=c1/c(-c2cc(CC)c(CN(C)C)c(OC)c2)cn(C=C)/c1=C/C. The van der Waals surface area contributed by atoms with Crippen LogP contribution < -0.4 is 15.3 Å². The number of hydrogen-bond donors (Lipinski definition) is 0. The average molecular weight is 351 g/mol. The van der Waals surface area contributed by atoms with Crippen molar-refractivity contribution in [1.29, 1.82) is 0 Å². The monoisotopic (exact) mass is 350 g/mol. The van der Waals surface area contributed by atoms with Crippen molar-refractivity contribution >= 4 is 18.4 Å². The number of aryl methyl sites for hydroxylation is 1. The van der Waals surface area contributed by atoms with E-state index >= 15 is 0 Å². The number of rotatable bonds is 7. The van der Waals surface area contributed by atoms with Gasteiger partial charge in [0.25, 0.3) is 0 Å². The molecule has 0 unspecified atom stereocenters. The highest BCUT2D eigenvalue weighted by atomic mass is 16.5. The Morgan fingerprint density at radius 2 is 1.96 bits per heavy atom. The van der Waals surface area contributed by atoms with E-state index in [1.54, 1.807) is 7.11 Å². The number of hydrogen-bond acceptors (Lipinski definition) is 2. The Bertz CT molecular complexity index is 891. The fourth-order valence-corrected chi connectivity index (χ4v) is 3.39. The Morgan fingerprint density at radius 3 is 2.46 bits per heavy atom. The maximum Gasteiger partial charge on any atom is 0.124 e. The average Bonchev–Trinajstić information content (AvgIpc) is 2.99. The van der Waals surface area contributed by atoms with Crippen LogP contribution in [-0.2, 0) is 13.0 Å². The molecule has 2 rings (SSSR count). The third-order valence-electron chi connectivity index (χ3n) is 4.55. The number of allylic oxidation sites excluding steroid dienone is 1. The molecule has 3 heteroatoms. The molecular weight excluding hydrogens is 320 g/mol. The molecule has 0 N–H and O–H groups in total. The maximum atomic E-state index is 5.75. The van der Waals surface area contributed by atoms with E-state index in [9.17, 15) is 0 Å². The summed E-state index contributed by atoms with van der Waals surface area (Å²) >= 11 is 0. The second-order valence-corrected chi connectivity index (χ2v) is 6.53. The van der Waals surface area contributed by atoms with Crippen LogP contribution in [0.2, 0.25) is 0 Å². The van der Waals surface area contributed by atoms with Crippen molar-refractivity contribution in [2.45, 2.75) is 26.8 Å². The molecule has 1 heterocycles. The predicted octanol–water partition coefficient (Wildman–Crippen LogP) is 3.66. The summed E-state index contributed by atoms with van der Waals surface area (Å²) in [5, 5.41) is 2.26. The lowest BCUT2D eigenvalue weighted by Crippen LogP contribution is -2.27. The van der Waals surface area contributed by atoms with Crippen LogP contribution in [0.25, 0.3) is 29.5 Å². The van der Waals surface area contributed by atoms with Crippen molar-refractivity contribution in [2.24, 2.45) is 0 Å². The van der Waals surface area contributed by atoms with Crippen LogP contribution in [0.5, 0.6) is 5.75 Å². The molecule has 0 fully saturated rings. The van der Waals surface area contributed by atoms with E-state index in [1.807, 2.05) is 19.2 Å². The molecule has 0 atom stereocenters. The zero-order valence-electron chi connectivity index (χ0n) is 16.7. The molecule has 138 valence electrons. The fourth-order valence-electron chi connectivity index (χ4n) is 3.39. The summed E-state index contributed by atoms with van der Waals surface area (Å²) in [6.07, 6.45) is 10.9. The van der Waals surface area contributed by atoms with Gasteiger partial charge in [-0.2, -0.15) is 0 Å². The van der Waals surface area contributed by atoms with Crippen LogP contribution in [-0.4, -0.2) is 30.7 Å². The molecule has 0 aliphatic rings. The van der Waals surface area contributed by atoms with Crippen molar-refractivity contribution in [3.8, 4) is 16.9 Å². The van der Waals surface area contributed by atoms with Gasteiger partial charge in [0.1, 0.15) is 5.75 Å². The molecule has 2 aromatic rings. The fraction of sp³-hybridized carbons (Fsp3) is 0.304. The quantitative estimate of drug-likeness (QED) is 0.758. The minimum Gasteiger partial charge on any atom is -0.496 e. The van der Waals surface area contributed by atoms with E-state index in [4.69, 9.17) is 4.74 Å². The van der Waals surface area contributed by atoms with E-state index in [0.717, 1.165) is 40.4 Å². The molecule has 3 nitrogen and oxygen atoms in total. The number of ether oxygens (including phenoxy) is 1. The van der Waals surface area contributed by atoms with Gasteiger partial charge < -0.3 is 14.2 Å². The van der Waals surface area contributed by atoms with Gasteiger partial charge in [-0.1, -0.05) is 44.4 Å². The number of aromatic nitrogens is 1. The van der Waals surface area contributed by atoms with Crippen molar-refractivity contribution < 1.29 is 4.74 Å². The highest BCUT2D eigenvalue weighted by Gasteiger charge is 2.14. The van der Waals surface area contributed by atoms with E-state index in [1.165, 1.54) is 11.1 Å². The number of nitrogens with zero attached hydrogens (tertiary/aromatic N) is 2. The lowest BCUT2D eigenvalue weighted by atomic mass is 9.96. The molecule has 0 bridgehead atoms. The molecule has 0 saturated heterocycles. The van der Waals surface area contributed by atoms with Gasteiger partial charge in [-0.3, -0.25) is 0 Å². The topological polar surface area (TPSA) is 17.4 Å². The maximum absolute atomic E-state index is 5.75. The van der Waals surface area contributed by atoms with Crippen molar-refractivity contribution in [3.05, 3.63) is 59.3 Å². The Hall–Kier alpha value is -2.52. The summed E-state index contributed by atoms with van der Waals surface area (Å²) in [7, 11) is 5.91. The van der Waals surface area contributed by atoms with Gasteiger partial charge in [0.15, 0.2) is 0 Å². The first-order chi connectivity index (χ1) is 12.5. The van der Waals surface area contributed by atoms with Gasteiger partial charge in [-0.05, 0) is 44.6 Å². The van der Waals surface area contributed by atoms with Crippen LogP contribution in [0.3, 0.4) is 0 Å². The lowest BCUT2D eigenvalue weighted by Gasteiger charge is -2.18. The summed E-state index contributed by atoms with van der Waals surface area (Å²) in [6, 6.07) is 4.42. The second kappa shape index (κ2) is 8.72. The van der Waals surface area contributed by atoms with Gasteiger partial charge in [-0.25, -0.2) is 0 Å². The van der Waals surface area contributed by atoms with Crippen molar-refractivity contribution in [2.75, 3.05) is 21.2 Å². The summed E-state index contributed by atoms with van der Waals surface area (Å²) in [6.45, 7) is 12.9. The third-order valence-corrected chi connectivity index (χ3v) is 4.55. The summed E-state index contributed by atoms with van der Waals surface area (Å²) < 4.78 is 7.80. The second-order valence-electron chi connectivity index (χ2n) is 6.53. The molecule has 0 aliphatic carbocycles. The van der Waals surface area contributed by atoms with Gasteiger partial charge in [0.2, 0.25) is 0 Å². The molecule has 0 radical (unpaired) electrons. The molecule has 26 heavy (non-hydrogen) atoms. The Labute approximate surface area is 157 Å². The van der Waals surface area contributed by atoms with Crippen molar-refractivity contribution in [1.82, 2.24) is 9.47 Å². The third kappa shape index (κ3) is 3.83. The highest BCUT2D eigenvalue weighted by molar-refractivity contribution is 5.71. The van der Waals surface area contributed by atoms with Gasteiger partial charge in [-0.15, -0.1) is 0 Å². The zero-order chi connectivity index (χ0) is 19.3. The molecule has 0 saturated carbocycles. The number of methoxy groups -OCH3 is 1. The van der Waals surface area contributed by atoms with Gasteiger partial charge >= 0.3 is 0 Å². The first kappa shape index (κ1) is 19.8. The molecule has 0 spiro atoms. The Balaban J connectivity index is 2.82. The van der Waals surface area contributed by atoms with Crippen LogP contribution in [0, 0.1) is 0 Å². The lowest BCUT2D eigenvalue weighted by molar-refractivity contribution is 0.370. The van der Waals surface area contributed by atoms with Gasteiger partial charge in [0, 0.05) is 40.6 Å². The predicted molar refractivity (Wildman–Crippen MR) is 114 cm³/mol. The minimum absolute atomic E-state index is 0.861.